The fourth-order valence-electron chi connectivity index (χ4n) is 1.73. The molecule has 0 bridgehead atoms. The van der Waals surface area contributed by atoms with Gasteiger partial charge in [0, 0.05) is 6.20 Å². The van der Waals surface area contributed by atoms with Crippen molar-refractivity contribution in [3.05, 3.63) is 54.4 Å². The lowest BCUT2D eigenvalue weighted by atomic mass is 10.2. The molecular weight excluding hydrogens is 282 g/mol. The van der Waals surface area contributed by atoms with E-state index >= 15 is 0 Å². The van der Waals surface area contributed by atoms with Crippen molar-refractivity contribution in [2.24, 2.45) is 0 Å². The summed E-state index contributed by atoms with van der Waals surface area (Å²) in [6.07, 6.45) is 3.45. The summed E-state index contributed by atoms with van der Waals surface area (Å²) >= 11 is 5.25. The molecule has 0 saturated carbocycles. The van der Waals surface area contributed by atoms with Crippen molar-refractivity contribution in [1.29, 1.82) is 0 Å². The lowest BCUT2D eigenvalue weighted by Gasteiger charge is -2.17. The van der Waals surface area contributed by atoms with Crippen LogP contribution in [0.3, 0.4) is 0 Å². The highest BCUT2D eigenvalue weighted by atomic mass is 32.1. The minimum absolute atomic E-state index is 0.1000. The second kappa shape index (κ2) is 7.59. The van der Waals surface area contributed by atoms with Crippen LogP contribution in [0.2, 0.25) is 0 Å². The van der Waals surface area contributed by atoms with E-state index in [1.807, 2.05) is 43.3 Å². The molecule has 21 heavy (non-hydrogen) atoms. The van der Waals surface area contributed by atoms with Crippen LogP contribution in [-0.4, -0.2) is 22.7 Å². The summed E-state index contributed by atoms with van der Waals surface area (Å²) in [4.78, 5) is 4.03. The summed E-state index contributed by atoms with van der Waals surface area (Å²) in [7, 11) is 0. The van der Waals surface area contributed by atoms with Gasteiger partial charge in [-0.15, -0.1) is 0 Å². The molecule has 0 fully saturated rings. The molecule has 4 nitrogen and oxygen atoms in total. The maximum Gasteiger partial charge on any atom is 0.171 e. The van der Waals surface area contributed by atoms with Gasteiger partial charge in [-0.2, -0.15) is 0 Å². The van der Waals surface area contributed by atoms with Gasteiger partial charge in [-0.25, -0.2) is 0 Å². The van der Waals surface area contributed by atoms with E-state index in [4.69, 9.17) is 17.0 Å². The van der Waals surface area contributed by atoms with E-state index in [0.29, 0.717) is 11.7 Å². The molecule has 1 aromatic heterocycles. The Morgan fingerprint density at radius 1 is 1.29 bits per heavy atom. The van der Waals surface area contributed by atoms with Crippen molar-refractivity contribution in [2.75, 3.05) is 11.9 Å². The largest absolute Gasteiger partial charge is 0.491 e. The van der Waals surface area contributed by atoms with Crippen LogP contribution < -0.4 is 15.4 Å². The zero-order chi connectivity index (χ0) is 15.1. The lowest BCUT2D eigenvalue weighted by Crippen LogP contribution is -2.39. The molecule has 2 N–H and O–H groups in total. The quantitative estimate of drug-likeness (QED) is 0.831. The fourth-order valence-corrected chi connectivity index (χ4v) is 2.04. The normalized spacial score (nSPS) is 11.5. The molecule has 2 rings (SSSR count). The Bertz CT molecular complexity index is 572. The van der Waals surface area contributed by atoms with Crippen molar-refractivity contribution in [3.63, 3.8) is 0 Å². The number of benzene rings is 1. The van der Waals surface area contributed by atoms with Crippen LogP contribution in [0.25, 0.3) is 0 Å². The zero-order valence-corrected chi connectivity index (χ0v) is 13.0. The Morgan fingerprint density at radius 3 is 2.71 bits per heavy atom. The molecule has 0 aliphatic heterocycles. The molecule has 5 heteroatoms. The average molecular weight is 301 g/mol. The molecule has 110 valence electrons. The maximum absolute atomic E-state index is 5.71. The highest BCUT2D eigenvalue weighted by Gasteiger charge is 2.05. The standard InChI is InChI=1S/C16H19N3OS/c1-12-5-7-15(8-6-12)20-11-13(2)18-16(21)19-14-4-3-9-17-10-14/h3-10,13H,11H2,1-2H3,(H2,18,19,21)/t13-/m0/s1. The lowest BCUT2D eigenvalue weighted by molar-refractivity contribution is 0.287. The first-order valence-corrected chi connectivity index (χ1v) is 7.21. The van der Waals surface area contributed by atoms with Crippen LogP contribution in [0.1, 0.15) is 12.5 Å². The minimum Gasteiger partial charge on any atom is -0.491 e. The number of aryl methyl sites for hydroxylation is 1. The average Bonchev–Trinajstić information content (AvgIpc) is 2.47. The molecule has 1 atom stereocenters. The number of hydrogen-bond donors (Lipinski definition) is 2. The van der Waals surface area contributed by atoms with Gasteiger partial charge < -0.3 is 15.4 Å². The van der Waals surface area contributed by atoms with Gasteiger partial charge in [-0.3, -0.25) is 4.98 Å². The predicted octanol–water partition coefficient (Wildman–Crippen LogP) is 3.14. The summed E-state index contributed by atoms with van der Waals surface area (Å²) in [5.74, 6) is 0.861. The van der Waals surface area contributed by atoms with E-state index in [1.165, 1.54) is 5.56 Å². The topological polar surface area (TPSA) is 46.2 Å². The van der Waals surface area contributed by atoms with E-state index in [1.54, 1.807) is 12.4 Å². The number of pyridine rings is 1. The molecule has 1 aromatic carbocycles. The molecule has 0 aliphatic carbocycles. The maximum atomic E-state index is 5.71. The number of nitrogens with one attached hydrogen (secondary N) is 2. The van der Waals surface area contributed by atoms with Gasteiger partial charge in [0.05, 0.1) is 17.9 Å². The van der Waals surface area contributed by atoms with Crippen molar-refractivity contribution < 1.29 is 4.74 Å². The van der Waals surface area contributed by atoms with Gasteiger partial charge in [-0.1, -0.05) is 17.7 Å². The molecule has 0 spiro atoms. The Hall–Kier alpha value is -2.14. The summed E-state index contributed by atoms with van der Waals surface area (Å²) in [6, 6.07) is 11.9. The molecule has 0 radical (unpaired) electrons. The van der Waals surface area contributed by atoms with Crippen molar-refractivity contribution >= 4 is 23.0 Å². The number of nitrogens with zero attached hydrogens (tertiary/aromatic N) is 1. The van der Waals surface area contributed by atoms with Crippen LogP contribution in [0.4, 0.5) is 5.69 Å². The molecule has 0 saturated heterocycles. The van der Waals surface area contributed by atoms with Crippen molar-refractivity contribution in [3.8, 4) is 5.75 Å². The van der Waals surface area contributed by atoms with Gasteiger partial charge in [0.25, 0.3) is 0 Å². The van der Waals surface area contributed by atoms with Crippen LogP contribution in [-0.2, 0) is 0 Å². The zero-order valence-electron chi connectivity index (χ0n) is 12.2. The van der Waals surface area contributed by atoms with E-state index < -0.39 is 0 Å². The third kappa shape index (κ3) is 5.39. The SMILES string of the molecule is Cc1ccc(OC[C@H](C)NC(=S)Nc2cccnc2)cc1. The van der Waals surface area contributed by atoms with E-state index in [0.717, 1.165) is 11.4 Å². The third-order valence-corrected chi connectivity index (χ3v) is 3.04. The molecule has 0 unspecified atom stereocenters. The van der Waals surface area contributed by atoms with Gasteiger partial charge in [0.2, 0.25) is 0 Å². The van der Waals surface area contributed by atoms with Crippen LogP contribution in [0, 0.1) is 6.92 Å². The van der Waals surface area contributed by atoms with Gasteiger partial charge in [0.1, 0.15) is 12.4 Å². The number of thiocarbonyl (C=S) groups is 1. The molecule has 2 aromatic rings. The molecule has 1 heterocycles. The highest BCUT2D eigenvalue weighted by Crippen LogP contribution is 2.11. The number of rotatable bonds is 5. The Labute approximate surface area is 130 Å². The molecule has 0 amide bonds. The van der Waals surface area contributed by atoms with E-state index in [9.17, 15) is 0 Å². The van der Waals surface area contributed by atoms with Gasteiger partial charge in [0.15, 0.2) is 5.11 Å². The number of anilines is 1. The fraction of sp³-hybridized carbons (Fsp3) is 0.250. The summed E-state index contributed by atoms with van der Waals surface area (Å²) in [5.41, 5.74) is 2.08. The monoisotopic (exact) mass is 301 g/mol. The molecular formula is C16H19N3OS. The number of aromatic nitrogens is 1. The van der Waals surface area contributed by atoms with Crippen molar-refractivity contribution in [2.45, 2.75) is 19.9 Å². The van der Waals surface area contributed by atoms with Crippen LogP contribution in [0.15, 0.2) is 48.8 Å². The first kappa shape index (κ1) is 15.3. The van der Waals surface area contributed by atoms with Crippen LogP contribution >= 0.6 is 12.2 Å². The van der Waals surface area contributed by atoms with Crippen LogP contribution in [0.5, 0.6) is 5.75 Å². The predicted molar refractivity (Wildman–Crippen MR) is 89.7 cm³/mol. The summed E-state index contributed by atoms with van der Waals surface area (Å²) in [5, 5.41) is 6.82. The molecule has 0 aliphatic rings. The Balaban J connectivity index is 1.75. The second-order valence-electron chi connectivity index (χ2n) is 4.87. The first-order valence-electron chi connectivity index (χ1n) is 6.80. The Kier molecular flexibility index (Phi) is 5.51. The first-order chi connectivity index (χ1) is 10.1. The van der Waals surface area contributed by atoms with Crippen molar-refractivity contribution in [1.82, 2.24) is 10.3 Å². The van der Waals surface area contributed by atoms with Gasteiger partial charge >= 0.3 is 0 Å². The van der Waals surface area contributed by atoms with E-state index in [-0.39, 0.29) is 6.04 Å². The van der Waals surface area contributed by atoms with Gasteiger partial charge in [-0.05, 0) is 50.3 Å². The minimum atomic E-state index is 0.1000. The third-order valence-electron chi connectivity index (χ3n) is 2.82. The smallest absolute Gasteiger partial charge is 0.171 e. The van der Waals surface area contributed by atoms with E-state index in [2.05, 4.69) is 22.5 Å². The summed E-state index contributed by atoms with van der Waals surface area (Å²) in [6.45, 7) is 4.61. The number of ether oxygens (including phenoxy) is 1. The highest BCUT2D eigenvalue weighted by molar-refractivity contribution is 7.80. The second-order valence-corrected chi connectivity index (χ2v) is 5.27. The number of hydrogen-bond acceptors (Lipinski definition) is 3. The summed E-state index contributed by atoms with van der Waals surface area (Å²) < 4.78 is 5.71. The Morgan fingerprint density at radius 2 is 2.05 bits per heavy atom.